The maximum atomic E-state index is 12.2. The highest BCUT2D eigenvalue weighted by Gasteiger charge is 2.22. The van der Waals surface area contributed by atoms with Crippen molar-refractivity contribution < 1.29 is 13.2 Å². The van der Waals surface area contributed by atoms with Crippen molar-refractivity contribution in [3.05, 3.63) is 23.2 Å². The molecule has 2 rings (SSSR count). The third kappa shape index (κ3) is 4.31. The maximum Gasteiger partial charge on any atom is 0.240 e. The van der Waals surface area contributed by atoms with Gasteiger partial charge in [-0.05, 0) is 24.7 Å². The molecular weight excluding hydrogens is 314 g/mol. The van der Waals surface area contributed by atoms with Crippen LogP contribution in [0.5, 0.6) is 0 Å². The van der Waals surface area contributed by atoms with Gasteiger partial charge in [0.15, 0.2) is 0 Å². The first kappa shape index (κ1) is 16.5. The molecule has 21 heavy (non-hydrogen) atoms. The number of morpholine rings is 1. The smallest absolute Gasteiger partial charge is 0.240 e. The van der Waals surface area contributed by atoms with Crippen LogP contribution in [0.15, 0.2) is 23.1 Å². The minimum Gasteiger partial charge on any atom is -0.398 e. The van der Waals surface area contributed by atoms with Crippen LogP contribution in [0.25, 0.3) is 0 Å². The van der Waals surface area contributed by atoms with E-state index in [0.717, 1.165) is 19.6 Å². The molecule has 1 saturated heterocycles. The van der Waals surface area contributed by atoms with E-state index < -0.39 is 10.0 Å². The van der Waals surface area contributed by atoms with Crippen LogP contribution >= 0.6 is 11.6 Å². The van der Waals surface area contributed by atoms with Crippen LogP contribution in [0, 0.1) is 0 Å². The number of nitrogens with one attached hydrogen (secondary N) is 1. The quantitative estimate of drug-likeness (QED) is 0.783. The van der Waals surface area contributed by atoms with Gasteiger partial charge in [-0.15, -0.1) is 0 Å². The van der Waals surface area contributed by atoms with Crippen LogP contribution in [0.3, 0.4) is 0 Å². The molecule has 1 atom stereocenters. The Morgan fingerprint density at radius 1 is 1.52 bits per heavy atom. The average molecular weight is 334 g/mol. The van der Waals surface area contributed by atoms with Crippen molar-refractivity contribution in [3.63, 3.8) is 0 Å². The normalized spacial score (nSPS) is 20.6. The molecule has 0 aliphatic carbocycles. The molecule has 1 heterocycles. The number of rotatable bonds is 5. The summed E-state index contributed by atoms with van der Waals surface area (Å²) in [4.78, 5) is 2.33. The van der Waals surface area contributed by atoms with Crippen molar-refractivity contribution in [2.24, 2.45) is 0 Å². The molecule has 1 aromatic carbocycles. The zero-order valence-electron chi connectivity index (χ0n) is 11.9. The Balaban J connectivity index is 1.99. The second-order valence-electron chi connectivity index (χ2n) is 4.92. The Kier molecular flexibility index (Phi) is 5.45. The number of nitrogens with zero attached hydrogens (tertiary/aromatic N) is 1. The molecule has 0 saturated carbocycles. The lowest BCUT2D eigenvalue weighted by Gasteiger charge is -2.32. The molecule has 118 valence electrons. The van der Waals surface area contributed by atoms with E-state index in [2.05, 4.69) is 16.5 Å². The van der Waals surface area contributed by atoms with Crippen molar-refractivity contribution in [2.45, 2.75) is 17.9 Å². The lowest BCUT2D eigenvalue weighted by atomic mass is 10.3. The number of hydrogen-bond acceptors (Lipinski definition) is 5. The molecule has 0 spiro atoms. The van der Waals surface area contributed by atoms with Gasteiger partial charge in [0.2, 0.25) is 10.0 Å². The summed E-state index contributed by atoms with van der Waals surface area (Å²) in [7, 11) is -3.61. The summed E-state index contributed by atoms with van der Waals surface area (Å²) < 4.78 is 32.5. The summed E-state index contributed by atoms with van der Waals surface area (Å²) in [5.74, 6) is 0. The van der Waals surface area contributed by atoms with Gasteiger partial charge in [0, 0.05) is 19.6 Å². The standard InChI is InChI=1S/C13H20ClN3O3S/c1-2-17-5-6-20-10(9-17)8-16-21(18,19)11-3-4-13(15)12(14)7-11/h3-4,7,10,16H,2,5-6,8-9,15H2,1H3. The highest BCUT2D eigenvalue weighted by Crippen LogP contribution is 2.22. The third-order valence-corrected chi connectivity index (χ3v) is 5.20. The molecule has 0 radical (unpaired) electrons. The van der Waals surface area contributed by atoms with E-state index in [1.165, 1.54) is 18.2 Å². The topological polar surface area (TPSA) is 84.7 Å². The highest BCUT2D eigenvalue weighted by atomic mass is 35.5. The van der Waals surface area contributed by atoms with Crippen molar-refractivity contribution in [1.29, 1.82) is 0 Å². The Hall–Kier alpha value is -0.860. The lowest BCUT2D eigenvalue weighted by Crippen LogP contribution is -2.47. The zero-order valence-corrected chi connectivity index (χ0v) is 13.5. The third-order valence-electron chi connectivity index (χ3n) is 3.45. The van der Waals surface area contributed by atoms with E-state index in [9.17, 15) is 8.42 Å². The average Bonchev–Trinajstić information content (AvgIpc) is 2.48. The summed E-state index contributed by atoms with van der Waals surface area (Å²) in [5, 5.41) is 0.226. The van der Waals surface area contributed by atoms with Crippen LogP contribution in [0.4, 0.5) is 5.69 Å². The van der Waals surface area contributed by atoms with Gasteiger partial charge in [-0.2, -0.15) is 0 Å². The second kappa shape index (κ2) is 6.93. The van der Waals surface area contributed by atoms with Crippen LogP contribution in [-0.2, 0) is 14.8 Å². The number of hydrogen-bond donors (Lipinski definition) is 2. The van der Waals surface area contributed by atoms with Crippen molar-refractivity contribution >= 4 is 27.3 Å². The fraction of sp³-hybridized carbons (Fsp3) is 0.538. The van der Waals surface area contributed by atoms with Gasteiger partial charge in [0.05, 0.1) is 28.3 Å². The van der Waals surface area contributed by atoms with E-state index in [0.29, 0.717) is 12.3 Å². The monoisotopic (exact) mass is 333 g/mol. The van der Waals surface area contributed by atoms with Gasteiger partial charge in [-0.3, -0.25) is 4.90 Å². The first-order chi connectivity index (χ1) is 9.92. The molecule has 6 nitrogen and oxygen atoms in total. The van der Waals surface area contributed by atoms with E-state index in [-0.39, 0.29) is 22.6 Å². The lowest BCUT2D eigenvalue weighted by molar-refractivity contribution is -0.0229. The summed E-state index contributed by atoms with van der Waals surface area (Å²) in [6.07, 6.45) is -0.141. The molecule has 3 N–H and O–H groups in total. The number of benzene rings is 1. The Labute approximate surface area is 130 Å². The summed E-state index contributed by atoms with van der Waals surface area (Å²) >= 11 is 5.86. The Morgan fingerprint density at radius 2 is 2.29 bits per heavy atom. The summed E-state index contributed by atoms with van der Waals surface area (Å²) in [6.45, 7) is 5.46. The van der Waals surface area contributed by atoms with Crippen LogP contribution in [-0.4, -0.2) is 52.2 Å². The predicted octanol–water partition coefficient (Wildman–Crippen LogP) is 0.921. The molecule has 0 bridgehead atoms. The highest BCUT2D eigenvalue weighted by molar-refractivity contribution is 7.89. The number of halogens is 1. The number of nitrogen functional groups attached to an aromatic ring is 1. The number of sulfonamides is 1. The van der Waals surface area contributed by atoms with E-state index >= 15 is 0 Å². The van der Waals surface area contributed by atoms with Crippen LogP contribution in [0.2, 0.25) is 5.02 Å². The number of likely N-dealkylation sites (N-methyl/N-ethyl adjacent to an activating group) is 1. The first-order valence-electron chi connectivity index (χ1n) is 6.81. The molecular formula is C13H20ClN3O3S. The minimum atomic E-state index is -3.61. The van der Waals surface area contributed by atoms with Crippen molar-refractivity contribution in [1.82, 2.24) is 9.62 Å². The van der Waals surface area contributed by atoms with Gasteiger partial charge in [-0.25, -0.2) is 13.1 Å². The van der Waals surface area contributed by atoms with Crippen LogP contribution < -0.4 is 10.5 Å². The number of nitrogens with two attached hydrogens (primary N) is 1. The van der Waals surface area contributed by atoms with Gasteiger partial charge >= 0.3 is 0 Å². The largest absolute Gasteiger partial charge is 0.398 e. The van der Waals surface area contributed by atoms with Gasteiger partial charge in [0.25, 0.3) is 0 Å². The second-order valence-corrected chi connectivity index (χ2v) is 7.10. The molecule has 1 fully saturated rings. The van der Waals surface area contributed by atoms with E-state index in [1.54, 1.807) is 0 Å². The SMILES string of the molecule is CCN1CCOC(CNS(=O)(=O)c2ccc(N)c(Cl)c2)C1. The van der Waals surface area contributed by atoms with E-state index in [4.69, 9.17) is 22.1 Å². The molecule has 1 aliphatic heterocycles. The van der Waals surface area contributed by atoms with Crippen LogP contribution in [0.1, 0.15) is 6.92 Å². The van der Waals surface area contributed by atoms with E-state index in [1.807, 2.05) is 0 Å². The van der Waals surface area contributed by atoms with Crippen molar-refractivity contribution in [3.8, 4) is 0 Å². The zero-order chi connectivity index (χ0) is 15.5. The molecule has 8 heteroatoms. The molecule has 1 unspecified atom stereocenters. The molecule has 0 aromatic heterocycles. The molecule has 1 aromatic rings. The Bertz CT molecular complexity index is 594. The number of anilines is 1. The predicted molar refractivity (Wildman–Crippen MR) is 82.9 cm³/mol. The fourth-order valence-electron chi connectivity index (χ4n) is 2.15. The Morgan fingerprint density at radius 3 is 2.95 bits per heavy atom. The van der Waals surface area contributed by atoms with Gasteiger partial charge < -0.3 is 10.5 Å². The maximum absolute atomic E-state index is 12.2. The number of ether oxygens (including phenoxy) is 1. The van der Waals surface area contributed by atoms with Crippen molar-refractivity contribution in [2.75, 3.05) is 38.5 Å². The minimum absolute atomic E-state index is 0.102. The molecule has 0 amide bonds. The van der Waals surface area contributed by atoms with Gasteiger partial charge in [-0.1, -0.05) is 18.5 Å². The molecule has 1 aliphatic rings. The fourth-order valence-corrected chi connectivity index (χ4v) is 3.49. The summed E-state index contributed by atoms with van der Waals surface area (Å²) in [5.41, 5.74) is 5.93. The van der Waals surface area contributed by atoms with Gasteiger partial charge in [0.1, 0.15) is 0 Å². The summed E-state index contributed by atoms with van der Waals surface area (Å²) in [6, 6.07) is 4.26. The first-order valence-corrected chi connectivity index (χ1v) is 8.67.